The molecule has 2 unspecified atom stereocenters. The molecule has 1 saturated heterocycles. The summed E-state index contributed by atoms with van der Waals surface area (Å²) in [6.45, 7) is 1.77. The molecule has 114 valence electrons. The van der Waals surface area contributed by atoms with Gasteiger partial charge in [0.1, 0.15) is 5.82 Å². The van der Waals surface area contributed by atoms with Crippen LogP contribution < -0.4 is 11.1 Å². The average molecular weight is 293 g/mol. The summed E-state index contributed by atoms with van der Waals surface area (Å²) in [6.07, 6.45) is 3.57. The number of hydrogen-bond donors (Lipinski definition) is 2. The van der Waals surface area contributed by atoms with E-state index in [9.17, 15) is 9.18 Å². The maximum Gasteiger partial charge on any atom is 0.238 e. The van der Waals surface area contributed by atoms with Crippen molar-refractivity contribution in [2.45, 2.75) is 31.4 Å². The number of fused-ring (bicyclic) bond motifs is 1. The molecule has 0 aromatic heterocycles. The van der Waals surface area contributed by atoms with Gasteiger partial charge < -0.3 is 15.8 Å². The molecule has 5 nitrogen and oxygen atoms in total. The summed E-state index contributed by atoms with van der Waals surface area (Å²) in [5.41, 5.74) is 6.40. The van der Waals surface area contributed by atoms with Crippen LogP contribution in [0.5, 0.6) is 0 Å². The number of nitrogen functional groups attached to an aromatic ring is 1. The van der Waals surface area contributed by atoms with Gasteiger partial charge in [0, 0.05) is 12.6 Å². The van der Waals surface area contributed by atoms with Crippen molar-refractivity contribution < 1.29 is 13.9 Å². The van der Waals surface area contributed by atoms with Crippen molar-refractivity contribution in [2.75, 3.05) is 30.7 Å². The van der Waals surface area contributed by atoms with Crippen molar-refractivity contribution in [1.29, 1.82) is 0 Å². The second-order valence-electron chi connectivity index (χ2n) is 5.66. The van der Waals surface area contributed by atoms with Gasteiger partial charge in [0.15, 0.2) is 0 Å². The molecule has 1 aliphatic heterocycles. The maximum absolute atomic E-state index is 13.0. The Hall–Kier alpha value is -1.66. The third kappa shape index (κ3) is 3.16. The molecule has 1 amide bonds. The highest BCUT2D eigenvalue weighted by Gasteiger charge is 2.36. The lowest BCUT2D eigenvalue weighted by Gasteiger charge is -2.37. The number of nitrogens with one attached hydrogen (secondary N) is 1. The van der Waals surface area contributed by atoms with E-state index in [0.29, 0.717) is 24.9 Å². The molecule has 1 aliphatic carbocycles. The number of carbonyl (C=O) groups is 1. The summed E-state index contributed by atoms with van der Waals surface area (Å²) >= 11 is 0. The molecule has 1 aromatic carbocycles. The molecule has 3 rings (SSSR count). The second-order valence-corrected chi connectivity index (χ2v) is 5.66. The minimum Gasteiger partial charge on any atom is -0.397 e. The van der Waals surface area contributed by atoms with E-state index in [1.807, 2.05) is 0 Å². The fourth-order valence-corrected chi connectivity index (χ4v) is 3.22. The van der Waals surface area contributed by atoms with Gasteiger partial charge in [-0.1, -0.05) is 0 Å². The van der Waals surface area contributed by atoms with Crippen LogP contribution >= 0.6 is 0 Å². The number of morpholine rings is 1. The highest BCUT2D eigenvalue weighted by Crippen LogP contribution is 2.29. The van der Waals surface area contributed by atoms with E-state index in [1.54, 1.807) is 0 Å². The topological polar surface area (TPSA) is 67.6 Å². The fourth-order valence-electron chi connectivity index (χ4n) is 3.22. The van der Waals surface area contributed by atoms with E-state index in [0.717, 1.165) is 25.8 Å². The van der Waals surface area contributed by atoms with E-state index in [2.05, 4.69) is 10.2 Å². The summed E-state index contributed by atoms with van der Waals surface area (Å²) in [6, 6.07) is 4.32. The van der Waals surface area contributed by atoms with Crippen molar-refractivity contribution in [3.05, 3.63) is 24.0 Å². The van der Waals surface area contributed by atoms with Crippen molar-refractivity contribution >= 4 is 17.3 Å². The molecule has 0 bridgehead atoms. The molecular weight excluding hydrogens is 273 g/mol. The van der Waals surface area contributed by atoms with Crippen LogP contribution in [0.1, 0.15) is 19.3 Å². The SMILES string of the molecule is Nc1cc(F)ccc1NC(=O)CN1CCOC2CCCC21. The van der Waals surface area contributed by atoms with Crippen LogP contribution in [0.2, 0.25) is 0 Å². The highest BCUT2D eigenvalue weighted by molar-refractivity contribution is 5.95. The first kappa shape index (κ1) is 14.3. The number of halogens is 1. The smallest absolute Gasteiger partial charge is 0.238 e. The monoisotopic (exact) mass is 293 g/mol. The molecule has 1 aromatic rings. The number of rotatable bonds is 3. The van der Waals surface area contributed by atoms with Gasteiger partial charge in [-0.3, -0.25) is 9.69 Å². The molecule has 2 fully saturated rings. The summed E-state index contributed by atoms with van der Waals surface area (Å²) in [7, 11) is 0. The number of benzene rings is 1. The Bertz CT molecular complexity index is 538. The summed E-state index contributed by atoms with van der Waals surface area (Å²) in [5.74, 6) is -0.534. The van der Waals surface area contributed by atoms with E-state index in [4.69, 9.17) is 10.5 Å². The number of carbonyl (C=O) groups excluding carboxylic acids is 1. The van der Waals surface area contributed by atoms with Crippen LogP contribution in [0, 0.1) is 5.82 Å². The maximum atomic E-state index is 13.0. The first-order valence-electron chi connectivity index (χ1n) is 7.34. The minimum atomic E-state index is -0.410. The predicted molar refractivity (Wildman–Crippen MR) is 78.4 cm³/mol. The van der Waals surface area contributed by atoms with Gasteiger partial charge in [-0.15, -0.1) is 0 Å². The molecular formula is C15H20FN3O2. The zero-order valence-electron chi connectivity index (χ0n) is 11.8. The molecule has 2 aliphatic rings. The Balaban J connectivity index is 1.61. The molecule has 21 heavy (non-hydrogen) atoms. The van der Waals surface area contributed by atoms with E-state index >= 15 is 0 Å². The van der Waals surface area contributed by atoms with E-state index in [1.165, 1.54) is 18.2 Å². The van der Waals surface area contributed by atoms with Crippen LogP contribution in [0.15, 0.2) is 18.2 Å². The standard InChI is InChI=1S/C15H20FN3O2/c16-10-4-5-12(11(17)8-10)18-15(20)9-19-6-7-21-14-3-1-2-13(14)19/h4-5,8,13-14H,1-3,6-7,9,17H2,(H,18,20). The van der Waals surface area contributed by atoms with Gasteiger partial charge in [-0.25, -0.2) is 4.39 Å². The van der Waals surface area contributed by atoms with Gasteiger partial charge in [0.2, 0.25) is 5.91 Å². The van der Waals surface area contributed by atoms with E-state index in [-0.39, 0.29) is 17.7 Å². The van der Waals surface area contributed by atoms with E-state index < -0.39 is 5.82 Å². The first-order chi connectivity index (χ1) is 10.1. The second kappa shape index (κ2) is 5.99. The van der Waals surface area contributed by atoms with Crippen LogP contribution in [0.3, 0.4) is 0 Å². The number of nitrogens with two attached hydrogens (primary N) is 1. The molecule has 1 heterocycles. The molecule has 3 N–H and O–H groups in total. The van der Waals surface area contributed by atoms with Gasteiger partial charge in [0.05, 0.1) is 30.6 Å². The van der Waals surface area contributed by atoms with Gasteiger partial charge in [-0.2, -0.15) is 0 Å². The lowest BCUT2D eigenvalue weighted by molar-refractivity contribution is -0.121. The van der Waals surface area contributed by atoms with Crippen LogP contribution in [0.4, 0.5) is 15.8 Å². The van der Waals surface area contributed by atoms with Crippen molar-refractivity contribution in [2.24, 2.45) is 0 Å². The predicted octanol–water partition coefficient (Wildman–Crippen LogP) is 1.60. The van der Waals surface area contributed by atoms with Crippen molar-refractivity contribution in [1.82, 2.24) is 4.90 Å². The zero-order valence-corrected chi connectivity index (χ0v) is 11.8. The fraction of sp³-hybridized carbons (Fsp3) is 0.533. The van der Waals surface area contributed by atoms with Crippen molar-refractivity contribution in [3.8, 4) is 0 Å². The Kier molecular flexibility index (Phi) is 4.07. The number of hydrogen-bond acceptors (Lipinski definition) is 4. The number of amides is 1. The van der Waals surface area contributed by atoms with Crippen LogP contribution in [0.25, 0.3) is 0 Å². The zero-order chi connectivity index (χ0) is 14.8. The van der Waals surface area contributed by atoms with Crippen LogP contribution in [-0.4, -0.2) is 42.6 Å². The van der Waals surface area contributed by atoms with Gasteiger partial charge >= 0.3 is 0 Å². The Morgan fingerprint density at radius 1 is 1.48 bits per heavy atom. The number of ether oxygens (including phenoxy) is 1. The molecule has 1 saturated carbocycles. The summed E-state index contributed by atoms with van der Waals surface area (Å²) < 4.78 is 18.7. The average Bonchev–Trinajstić information content (AvgIpc) is 2.91. The molecule has 2 atom stereocenters. The summed E-state index contributed by atoms with van der Waals surface area (Å²) in [4.78, 5) is 14.3. The normalized spacial score (nSPS) is 25.6. The molecule has 6 heteroatoms. The first-order valence-corrected chi connectivity index (χ1v) is 7.34. The largest absolute Gasteiger partial charge is 0.397 e. The highest BCUT2D eigenvalue weighted by atomic mass is 19.1. The molecule has 0 spiro atoms. The summed E-state index contributed by atoms with van der Waals surface area (Å²) in [5, 5.41) is 2.75. The molecule has 0 radical (unpaired) electrons. The Morgan fingerprint density at radius 2 is 2.33 bits per heavy atom. The van der Waals surface area contributed by atoms with Crippen LogP contribution in [-0.2, 0) is 9.53 Å². The lowest BCUT2D eigenvalue weighted by atomic mass is 10.1. The Labute approximate surface area is 123 Å². The van der Waals surface area contributed by atoms with Crippen molar-refractivity contribution in [3.63, 3.8) is 0 Å². The Morgan fingerprint density at radius 3 is 3.14 bits per heavy atom. The quantitative estimate of drug-likeness (QED) is 0.831. The van der Waals surface area contributed by atoms with Gasteiger partial charge in [0.25, 0.3) is 0 Å². The van der Waals surface area contributed by atoms with Gasteiger partial charge in [-0.05, 0) is 37.5 Å². The lowest BCUT2D eigenvalue weighted by Crippen LogP contribution is -2.51. The third-order valence-corrected chi connectivity index (χ3v) is 4.23. The third-order valence-electron chi connectivity index (χ3n) is 4.23. The minimum absolute atomic E-state index is 0.124. The number of nitrogens with zero attached hydrogens (tertiary/aromatic N) is 1. The number of anilines is 2.